The Balaban J connectivity index is 2.21. The summed E-state index contributed by atoms with van der Waals surface area (Å²) in [5.74, 6) is -0.691. The van der Waals surface area contributed by atoms with Crippen molar-refractivity contribution in [1.82, 2.24) is 4.72 Å². The minimum atomic E-state index is -3.74. The molecular formula is C13H18FNO2S. The van der Waals surface area contributed by atoms with Gasteiger partial charge in [-0.25, -0.2) is 17.5 Å². The average molecular weight is 271 g/mol. The van der Waals surface area contributed by atoms with Crippen molar-refractivity contribution < 1.29 is 12.8 Å². The van der Waals surface area contributed by atoms with E-state index in [0.29, 0.717) is 0 Å². The topological polar surface area (TPSA) is 46.2 Å². The lowest BCUT2D eigenvalue weighted by Gasteiger charge is -2.22. The second-order valence-electron chi connectivity index (χ2n) is 4.89. The highest BCUT2D eigenvalue weighted by Gasteiger charge is 2.24. The molecule has 0 heterocycles. The highest BCUT2D eigenvalue weighted by Crippen LogP contribution is 2.21. The predicted octanol–water partition coefficient (Wildman–Crippen LogP) is 2.75. The fraction of sp³-hybridized carbons (Fsp3) is 0.538. The van der Waals surface area contributed by atoms with E-state index in [1.54, 1.807) is 13.0 Å². The van der Waals surface area contributed by atoms with Gasteiger partial charge in [0.1, 0.15) is 10.7 Å². The predicted molar refractivity (Wildman–Crippen MR) is 68.3 cm³/mol. The third kappa shape index (κ3) is 3.09. The quantitative estimate of drug-likeness (QED) is 0.918. The molecule has 1 aliphatic rings. The Morgan fingerprint density at radius 2 is 1.89 bits per heavy atom. The molecule has 0 aromatic heterocycles. The van der Waals surface area contributed by atoms with Crippen LogP contribution in [-0.4, -0.2) is 14.5 Å². The summed E-state index contributed by atoms with van der Waals surface area (Å²) in [6, 6.07) is 4.09. The monoisotopic (exact) mass is 271 g/mol. The molecule has 1 aromatic rings. The zero-order valence-electron chi connectivity index (χ0n) is 10.4. The minimum absolute atomic E-state index is 0.0522. The molecule has 100 valence electrons. The smallest absolute Gasteiger partial charge is 0.208 e. The van der Waals surface area contributed by atoms with E-state index in [4.69, 9.17) is 0 Å². The zero-order chi connectivity index (χ0) is 13.2. The van der Waals surface area contributed by atoms with Crippen molar-refractivity contribution in [2.45, 2.75) is 50.0 Å². The zero-order valence-corrected chi connectivity index (χ0v) is 11.3. The summed E-state index contributed by atoms with van der Waals surface area (Å²) in [6.45, 7) is 1.75. The molecule has 5 heteroatoms. The van der Waals surface area contributed by atoms with Crippen LogP contribution in [0.5, 0.6) is 0 Å². The van der Waals surface area contributed by atoms with Gasteiger partial charge in [0.05, 0.1) is 0 Å². The molecule has 0 saturated heterocycles. The van der Waals surface area contributed by atoms with Crippen LogP contribution in [0, 0.1) is 12.7 Å². The Labute approximate surface area is 107 Å². The van der Waals surface area contributed by atoms with Crippen LogP contribution < -0.4 is 4.72 Å². The Bertz CT molecular complexity index is 522. The van der Waals surface area contributed by atoms with E-state index in [0.717, 1.165) is 37.7 Å². The van der Waals surface area contributed by atoms with Gasteiger partial charge in [-0.2, -0.15) is 0 Å². The van der Waals surface area contributed by atoms with Gasteiger partial charge in [-0.1, -0.05) is 25.3 Å². The summed E-state index contributed by atoms with van der Waals surface area (Å²) in [7, 11) is -3.74. The molecule has 0 aliphatic heterocycles. The lowest BCUT2D eigenvalue weighted by molar-refractivity contribution is 0.411. The molecule has 2 rings (SSSR count). The first-order valence-corrected chi connectivity index (χ1v) is 7.76. The molecule has 0 amide bonds. The van der Waals surface area contributed by atoms with Crippen molar-refractivity contribution >= 4 is 10.0 Å². The lowest BCUT2D eigenvalue weighted by Crippen LogP contribution is -2.36. The number of hydrogen-bond donors (Lipinski definition) is 1. The summed E-state index contributed by atoms with van der Waals surface area (Å²) in [5, 5.41) is 0. The molecule has 0 radical (unpaired) electrons. The Morgan fingerprint density at radius 3 is 2.56 bits per heavy atom. The number of hydrogen-bond acceptors (Lipinski definition) is 2. The Morgan fingerprint density at radius 1 is 1.22 bits per heavy atom. The Kier molecular flexibility index (Phi) is 4.02. The fourth-order valence-corrected chi connectivity index (χ4v) is 3.79. The van der Waals surface area contributed by atoms with Crippen LogP contribution >= 0.6 is 0 Å². The van der Waals surface area contributed by atoms with Crippen LogP contribution in [0.1, 0.15) is 37.7 Å². The van der Waals surface area contributed by atoms with E-state index in [9.17, 15) is 12.8 Å². The first-order valence-electron chi connectivity index (χ1n) is 6.27. The summed E-state index contributed by atoms with van der Waals surface area (Å²) >= 11 is 0. The largest absolute Gasteiger partial charge is 0.243 e. The fourth-order valence-electron chi connectivity index (χ4n) is 2.32. The summed E-state index contributed by atoms with van der Waals surface area (Å²) < 4.78 is 40.5. The molecule has 0 spiro atoms. The summed E-state index contributed by atoms with van der Waals surface area (Å²) in [6.07, 6.45) is 4.89. The van der Waals surface area contributed by atoms with Gasteiger partial charge < -0.3 is 0 Å². The van der Waals surface area contributed by atoms with E-state index in [1.807, 2.05) is 0 Å². The van der Waals surface area contributed by atoms with Crippen LogP contribution in [0.3, 0.4) is 0 Å². The van der Waals surface area contributed by atoms with E-state index in [-0.39, 0.29) is 10.9 Å². The van der Waals surface area contributed by atoms with Gasteiger partial charge in [-0.3, -0.25) is 0 Å². The van der Waals surface area contributed by atoms with Crippen molar-refractivity contribution in [3.05, 3.63) is 29.6 Å². The molecule has 1 fully saturated rings. The van der Waals surface area contributed by atoms with Crippen molar-refractivity contribution in [1.29, 1.82) is 0 Å². The highest BCUT2D eigenvalue weighted by atomic mass is 32.2. The Hall–Kier alpha value is -0.940. The van der Waals surface area contributed by atoms with E-state index in [1.165, 1.54) is 12.1 Å². The van der Waals surface area contributed by atoms with E-state index in [2.05, 4.69) is 4.72 Å². The van der Waals surface area contributed by atoms with E-state index < -0.39 is 15.8 Å². The van der Waals surface area contributed by atoms with Crippen LogP contribution in [0.2, 0.25) is 0 Å². The second-order valence-corrected chi connectivity index (χ2v) is 6.57. The first-order chi connectivity index (χ1) is 8.49. The average Bonchev–Trinajstić information content (AvgIpc) is 2.33. The maximum atomic E-state index is 13.6. The number of nitrogens with one attached hydrogen (secondary N) is 1. The van der Waals surface area contributed by atoms with Crippen molar-refractivity contribution in [3.8, 4) is 0 Å². The molecule has 0 unspecified atom stereocenters. The van der Waals surface area contributed by atoms with Gasteiger partial charge in [0, 0.05) is 6.04 Å². The maximum Gasteiger partial charge on any atom is 0.243 e. The number of benzene rings is 1. The highest BCUT2D eigenvalue weighted by molar-refractivity contribution is 7.89. The van der Waals surface area contributed by atoms with Crippen molar-refractivity contribution in [3.63, 3.8) is 0 Å². The molecule has 1 saturated carbocycles. The molecule has 1 aromatic carbocycles. The van der Waals surface area contributed by atoms with E-state index >= 15 is 0 Å². The van der Waals surface area contributed by atoms with Gasteiger partial charge in [0.15, 0.2) is 0 Å². The number of rotatable bonds is 3. The molecule has 0 bridgehead atoms. The first kappa shape index (κ1) is 13.5. The molecule has 3 nitrogen and oxygen atoms in total. The number of halogens is 1. The molecular weight excluding hydrogens is 253 g/mol. The summed E-state index contributed by atoms with van der Waals surface area (Å²) in [4.78, 5) is -0.243. The van der Waals surface area contributed by atoms with Crippen LogP contribution in [0.15, 0.2) is 23.1 Å². The molecule has 1 aliphatic carbocycles. The lowest BCUT2D eigenvalue weighted by atomic mass is 9.96. The SMILES string of the molecule is Cc1ccc(F)c(S(=O)(=O)NC2CCCCC2)c1. The van der Waals surface area contributed by atoms with Crippen LogP contribution in [0.4, 0.5) is 4.39 Å². The number of sulfonamides is 1. The summed E-state index contributed by atoms with van der Waals surface area (Å²) in [5.41, 5.74) is 0.736. The second kappa shape index (κ2) is 5.36. The molecule has 18 heavy (non-hydrogen) atoms. The van der Waals surface area contributed by atoms with Gasteiger partial charge in [-0.15, -0.1) is 0 Å². The minimum Gasteiger partial charge on any atom is -0.208 e. The standard InChI is InChI=1S/C13H18FNO2S/c1-10-7-8-12(14)13(9-10)18(16,17)15-11-5-3-2-4-6-11/h7-9,11,15H,2-6H2,1H3. The van der Waals surface area contributed by atoms with Gasteiger partial charge >= 0.3 is 0 Å². The normalized spacial score (nSPS) is 17.9. The molecule has 0 atom stereocenters. The van der Waals surface area contributed by atoms with Crippen molar-refractivity contribution in [2.24, 2.45) is 0 Å². The van der Waals surface area contributed by atoms with Crippen LogP contribution in [0.25, 0.3) is 0 Å². The van der Waals surface area contributed by atoms with Gasteiger partial charge in [0.2, 0.25) is 10.0 Å². The third-order valence-electron chi connectivity index (χ3n) is 3.30. The van der Waals surface area contributed by atoms with Gasteiger partial charge in [0.25, 0.3) is 0 Å². The van der Waals surface area contributed by atoms with Gasteiger partial charge in [-0.05, 0) is 37.5 Å². The maximum absolute atomic E-state index is 13.6. The molecule has 1 N–H and O–H groups in total. The van der Waals surface area contributed by atoms with Crippen LogP contribution in [-0.2, 0) is 10.0 Å². The third-order valence-corrected chi connectivity index (χ3v) is 4.84. The number of aryl methyl sites for hydroxylation is 1. The van der Waals surface area contributed by atoms with Crippen molar-refractivity contribution in [2.75, 3.05) is 0 Å².